The first-order chi connectivity index (χ1) is 14.7. The van der Waals surface area contributed by atoms with Crippen molar-refractivity contribution in [1.82, 2.24) is 20.5 Å². The first kappa shape index (κ1) is 21.0. The van der Waals surface area contributed by atoms with Gasteiger partial charge < -0.3 is 10.6 Å². The van der Waals surface area contributed by atoms with Crippen LogP contribution < -0.4 is 10.6 Å². The molecule has 0 saturated carbocycles. The minimum atomic E-state index is 0.483. The molecule has 1 aliphatic rings. The molecule has 2 atom stereocenters. The van der Waals surface area contributed by atoms with Crippen LogP contribution in [0.5, 0.6) is 0 Å². The van der Waals surface area contributed by atoms with Gasteiger partial charge in [-0.2, -0.15) is 0 Å². The van der Waals surface area contributed by atoms with Gasteiger partial charge in [-0.15, -0.1) is 22.7 Å². The van der Waals surface area contributed by atoms with E-state index in [2.05, 4.69) is 62.6 Å². The monoisotopic (exact) mass is 439 g/mol. The zero-order valence-corrected chi connectivity index (χ0v) is 19.2. The van der Waals surface area contributed by atoms with Crippen molar-refractivity contribution in [2.45, 2.75) is 25.4 Å². The second-order valence-corrected chi connectivity index (χ2v) is 9.50. The number of nitrogens with one attached hydrogen (secondary N) is 2. The molecule has 2 N–H and O–H groups in total. The number of benzene rings is 1. The van der Waals surface area contributed by atoms with Gasteiger partial charge in [0.05, 0.1) is 12.2 Å². The number of aliphatic imine (C=N–C) groups is 1. The average molecular weight is 440 g/mol. The molecule has 1 aromatic carbocycles. The molecule has 0 aliphatic carbocycles. The Morgan fingerprint density at radius 1 is 1.17 bits per heavy atom. The molecule has 1 fully saturated rings. The largest absolute Gasteiger partial charge is 0.356 e. The van der Waals surface area contributed by atoms with E-state index in [1.807, 2.05) is 36.6 Å². The maximum absolute atomic E-state index is 4.76. The molecule has 0 spiro atoms. The highest BCUT2D eigenvalue weighted by molar-refractivity contribution is 7.13. The van der Waals surface area contributed by atoms with Crippen LogP contribution >= 0.6 is 22.7 Å². The Kier molecular flexibility index (Phi) is 7.15. The van der Waals surface area contributed by atoms with Crippen molar-refractivity contribution in [3.63, 3.8) is 0 Å². The molecule has 1 aliphatic heterocycles. The lowest BCUT2D eigenvalue weighted by molar-refractivity contribution is 0.125. The van der Waals surface area contributed by atoms with Crippen LogP contribution in [0.4, 0.5) is 0 Å². The molecule has 158 valence electrons. The van der Waals surface area contributed by atoms with E-state index in [-0.39, 0.29) is 0 Å². The fraction of sp³-hybridized carbons (Fsp3) is 0.391. The molecule has 3 heterocycles. The first-order valence-electron chi connectivity index (χ1n) is 10.4. The Morgan fingerprint density at radius 2 is 2.03 bits per heavy atom. The number of rotatable bonds is 6. The van der Waals surface area contributed by atoms with E-state index in [4.69, 9.17) is 4.98 Å². The van der Waals surface area contributed by atoms with E-state index in [1.54, 1.807) is 11.3 Å². The maximum Gasteiger partial charge on any atom is 0.191 e. The molecule has 4 rings (SSSR count). The van der Waals surface area contributed by atoms with Crippen LogP contribution in [0.15, 0.2) is 58.2 Å². The van der Waals surface area contributed by atoms with E-state index in [9.17, 15) is 0 Å². The molecule has 0 radical (unpaired) electrons. The molecule has 2 aromatic heterocycles. The second-order valence-electron chi connectivity index (χ2n) is 7.66. The standard InChI is InChI=1S/C23H29N5S2/c1-24-23(26-15-19-16-30-22(27-19)17-8-4-3-5-9-17)25-14-18-10-6-12-28(2)21(18)20-11-7-13-29-20/h3-5,7-9,11,13,16,18,21H,6,10,12,14-15H2,1-2H3,(H2,24,25,26). The first-order valence-corrected chi connectivity index (χ1v) is 12.2. The second kappa shape index (κ2) is 10.2. The Morgan fingerprint density at radius 3 is 2.80 bits per heavy atom. The highest BCUT2D eigenvalue weighted by Crippen LogP contribution is 2.36. The molecular formula is C23H29N5S2. The summed E-state index contributed by atoms with van der Waals surface area (Å²) in [5.41, 5.74) is 2.20. The van der Waals surface area contributed by atoms with Gasteiger partial charge in [-0.3, -0.25) is 9.89 Å². The highest BCUT2D eigenvalue weighted by atomic mass is 32.1. The van der Waals surface area contributed by atoms with Crippen molar-refractivity contribution in [2.75, 3.05) is 27.2 Å². The number of nitrogens with zero attached hydrogens (tertiary/aromatic N) is 3. The van der Waals surface area contributed by atoms with Crippen LogP contribution in [0, 0.1) is 5.92 Å². The van der Waals surface area contributed by atoms with Gasteiger partial charge in [-0.25, -0.2) is 4.98 Å². The lowest BCUT2D eigenvalue weighted by Gasteiger charge is -2.39. The summed E-state index contributed by atoms with van der Waals surface area (Å²) >= 11 is 3.54. The predicted molar refractivity (Wildman–Crippen MR) is 128 cm³/mol. The minimum absolute atomic E-state index is 0.483. The van der Waals surface area contributed by atoms with Gasteiger partial charge in [0.1, 0.15) is 5.01 Å². The van der Waals surface area contributed by atoms with Crippen LogP contribution in [-0.2, 0) is 6.54 Å². The van der Waals surface area contributed by atoms with Crippen molar-refractivity contribution in [3.8, 4) is 10.6 Å². The van der Waals surface area contributed by atoms with Crippen LogP contribution in [0.25, 0.3) is 10.6 Å². The summed E-state index contributed by atoms with van der Waals surface area (Å²) in [6.07, 6.45) is 2.49. The van der Waals surface area contributed by atoms with Crippen molar-refractivity contribution in [3.05, 3.63) is 63.8 Å². The van der Waals surface area contributed by atoms with Crippen LogP contribution in [-0.4, -0.2) is 43.0 Å². The molecule has 0 bridgehead atoms. The van der Waals surface area contributed by atoms with Crippen molar-refractivity contribution in [2.24, 2.45) is 10.9 Å². The third-order valence-corrected chi connectivity index (χ3v) is 7.49. The molecule has 2 unspecified atom stereocenters. The maximum atomic E-state index is 4.76. The quantitative estimate of drug-likeness (QED) is 0.435. The Bertz CT molecular complexity index is 936. The summed E-state index contributed by atoms with van der Waals surface area (Å²) in [6.45, 7) is 2.75. The molecule has 3 aromatic rings. The van der Waals surface area contributed by atoms with Crippen LogP contribution in [0.2, 0.25) is 0 Å². The number of aromatic nitrogens is 1. The van der Waals surface area contributed by atoms with E-state index >= 15 is 0 Å². The number of hydrogen-bond acceptors (Lipinski definition) is 5. The fourth-order valence-electron chi connectivity index (χ4n) is 4.11. The van der Waals surface area contributed by atoms with E-state index < -0.39 is 0 Å². The zero-order chi connectivity index (χ0) is 20.8. The van der Waals surface area contributed by atoms with E-state index in [0.29, 0.717) is 18.5 Å². The van der Waals surface area contributed by atoms with Gasteiger partial charge in [0.15, 0.2) is 5.96 Å². The summed E-state index contributed by atoms with van der Waals surface area (Å²) < 4.78 is 0. The molecule has 5 nitrogen and oxygen atoms in total. The topological polar surface area (TPSA) is 52.6 Å². The predicted octanol–water partition coefficient (Wildman–Crippen LogP) is 4.62. The van der Waals surface area contributed by atoms with Crippen LogP contribution in [0.3, 0.4) is 0 Å². The highest BCUT2D eigenvalue weighted by Gasteiger charge is 2.31. The molecule has 0 amide bonds. The number of likely N-dealkylation sites (tertiary alicyclic amines) is 1. The average Bonchev–Trinajstić information content (AvgIpc) is 3.47. The van der Waals surface area contributed by atoms with Crippen molar-refractivity contribution < 1.29 is 0 Å². The van der Waals surface area contributed by atoms with Gasteiger partial charge in [0.2, 0.25) is 0 Å². The minimum Gasteiger partial charge on any atom is -0.356 e. The third kappa shape index (κ3) is 5.09. The summed E-state index contributed by atoms with van der Waals surface area (Å²) in [6, 6.07) is 15.2. The van der Waals surface area contributed by atoms with Gasteiger partial charge in [-0.05, 0) is 43.8 Å². The molecule has 30 heavy (non-hydrogen) atoms. The molecule has 1 saturated heterocycles. The number of thiophene rings is 1. The third-order valence-electron chi connectivity index (χ3n) is 5.61. The van der Waals surface area contributed by atoms with E-state index in [1.165, 1.54) is 24.3 Å². The number of guanidine groups is 1. The number of thiazole rings is 1. The van der Waals surface area contributed by atoms with Gasteiger partial charge in [0, 0.05) is 35.5 Å². The zero-order valence-electron chi connectivity index (χ0n) is 17.5. The van der Waals surface area contributed by atoms with Crippen molar-refractivity contribution >= 4 is 28.6 Å². The fourth-order valence-corrected chi connectivity index (χ4v) is 5.92. The Labute approximate surface area is 186 Å². The van der Waals surface area contributed by atoms with Crippen LogP contribution in [0.1, 0.15) is 29.5 Å². The normalized spacial score (nSPS) is 20.3. The SMILES string of the molecule is CN=C(NCc1csc(-c2ccccc2)n1)NCC1CCCN(C)C1c1cccs1. The van der Waals surface area contributed by atoms with Gasteiger partial charge >= 0.3 is 0 Å². The molecule has 7 heteroatoms. The van der Waals surface area contributed by atoms with E-state index in [0.717, 1.165) is 28.8 Å². The summed E-state index contributed by atoms with van der Waals surface area (Å²) in [4.78, 5) is 13.1. The Hall–Kier alpha value is -2.22. The lowest BCUT2D eigenvalue weighted by atomic mass is 9.88. The van der Waals surface area contributed by atoms with Crippen molar-refractivity contribution in [1.29, 1.82) is 0 Å². The summed E-state index contributed by atoms with van der Waals surface area (Å²) in [7, 11) is 4.08. The van der Waals surface area contributed by atoms with Gasteiger partial charge in [-0.1, -0.05) is 36.4 Å². The summed E-state index contributed by atoms with van der Waals surface area (Å²) in [5.74, 6) is 1.41. The lowest BCUT2D eigenvalue weighted by Crippen LogP contribution is -2.44. The van der Waals surface area contributed by atoms with Gasteiger partial charge in [0.25, 0.3) is 0 Å². The number of hydrogen-bond donors (Lipinski definition) is 2. The Balaban J connectivity index is 1.32. The molecular weight excluding hydrogens is 410 g/mol. The number of piperidine rings is 1. The summed E-state index contributed by atoms with van der Waals surface area (Å²) in [5, 5.41) is 12.3. The smallest absolute Gasteiger partial charge is 0.191 e.